The van der Waals surface area contributed by atoms with Crippen molar-refractivity contribution in [3.05, 3.63) is 36.5 Å². The van der Waals surface area contributed by atoms with Gasteiger partial charge in [-0.3, -0.25) is 4.98 Å². The van der Waals surface area contributed by atoms with Crippen molar-refractivity contribution in [1.29, 1.82) is 0 Å². The van der Waals surface area contributed by atoms with Crippen LogP contribution in [0.5, 0.6) is 5.75 Å². The predicted molar refractivity (Wildman–Crippen MR) is 62.1 cm³/mol. The highest BCUT2D eigenvalue weighted by atomic mass is 16.5. The summed E-state index contributed by atoms with van der Waals surface area (Å²) >= 11 is 0. The fraction of sp³-hybridized carbons (Fsp3) is 0.308. The van der Waals surface area contributed by atoms with Gasteiger partial charge in [0.2, 0.25) is 0 Å². The van der Waals surface area contributed by atoms with E-state index in [-0.39, 0.29) is 0 Å². The van der Waals surface area contributed by atoms with Crippen molar-refractivity contribution >= 4 is 10.9 Å². The summed E-state index contributed by atoms with van der Waals surface area (Å²) in [5.41, 5.74) is 0.992. The quantitative estimate of drug-likeness (QED) is 0.707. The molecule has 1 aromatic heterocycles. The number of hydrogen-bond acceptors (Lipinski definition) is 2. The summed E-state index contributed by atoms with van der Waals surface area (Å²) in [6.07, 6.45) is 4.06. The van der Waals surface area contributed by atoms with E-state index in [1.165, 1.54) is 0 Å². The van der Waals surface area contributed by atoms with Gasteiger partial charge >= 0.3 is 0 Å². The van der Waals surface area contributed by atoms with Crippen LogP contribution in [0, 0.1) is 0 Å². The van der Waals surface area contributed by atoms with E-state index >= 15 is 0 Å². The van der Waals surface area contributed by atoms with Crippen molar-refractivity contribution in [2.75, 3.05) is 6.61 Å². The largest absolute Gasteiger partial charge is 0.494 e. The first-order valence-electron chi connectivity index (χ1n) is 5.38. The third-order valence-electron chi connectivity index (χ3n) is 2.34. The van der Waals surface area contributed by atoms with Gasteiger partial charge in [0.15, 0.2) is 0 Å². The molecule has 0 spiro atoms. The van der Waals surface area contributed by atoms with Gasteiger partial charge in [-0.2, -0.15) is 0 Å². The Kier molecular flexibility index (Phi) is 3.18. The third-order valence-corrected chi connectivity index (χ3v) is 2.34. The number of unbranched alkanes of at least 4 members (excludes halogenated alkanes) is 1. The highest BCUT2D eigenvalue weighted by molar-refractivity contribution is 5.79. The molecule has 0 N–H and O–H groups in total. The highest BCUT2D eigenvalue weighted by Gasteiger charge is 1.97. The molecule has 0 radical (unpaired) electrons. The molecule has 2 nitrogen and oxygen atoms in total. The Morgan fingerprint density at radius 2 is 2.20 bits per heavy atom. The zero-order valence-corrected chi connectivity index (χ0v) is 8.94. The van der Waals surface area contributed by atoms with E-state index in [2.05, 4.69) is 18.0 Å². The maximum absolute atomic E-state index is 5.61. The molecule has 0 unspecified atom stereocenters. The summed E-state index contributed by atoms with van der Waals surface area (Å²) in [6.45, 7) is 2.94. The van der Waals surface area contributed by atoms with Gasteiger partial charge in [0.25, 0.3) is 0 Å². The van der Waals surface area contributed by atoms with Crippen LogP contribution in [0.25, 0.3) is 10.9 Å². The predicted octanol–water partition coefficient (Wildman–Crippen LogP) is 3.41. The molecule has 0 atom stereocenters. The van der Waals surface area contributed by atoms with Crippen LogP contribution in [0.15, 0.2) is 36.5 Å². The molecular formula is C13H15NO. The van der Waals surface area contributed by atoms with E-state index in [9.17, 15) is 0 Å². The third kappa shape index (κ3) is 2.46. The number of rotatable bonds is 4. The zero-order valence-electron chi connectivity index (χ0n) is 8.94. The van der Waals surface area contributed by atoms with Gasteiger partial charge in [0.1, 0.15) is 5.75 Å². The average Bonchev–Trinajstić information content (AvgIpc) is 2.29. The first-order chi connectivity index (χ1) is 7.40. The lowest BCUT2D eigenvalue weighted by Gasteiger charge is -2.05. The number of benzene rings is 1. The van der Waals surface area contributed by atoms with Crippen molar-refractivity contribution in [2.24, 2.45) is 0 Å². The van der Waals surface area contributed by atoms with Gasteiger partial charge in [-0.05, 0) is 24.6 Å². The Morgan fingerprint density at radius 1 is 1.27 bits per heavy atom. The minimum atomic E-state index is 0.787. The van der Waals surface area contributed by atoms with Crippen LogP contribution in [-0.2, 0) is 0 Å². The number of fused-ring (bicyclic) bond motifs is 1. The molecule has 0 fully saturated rings. The maximum atomic E-state index is 5.61. The van der Waals surface area contributed by atoms with Crippen molar-refractivity contribution in [2.45, 2.75) is 19.8 Å². The van der Waals surface area contributed by atoms with Crippen LogP contribution in [0.3, 0.4) is 0 Å². The SMILES string of the molecule is CCCCOc1ccc2cccnc2c1. The van der Waals surface area contributed by atoms with Crippen LogP contribution in [-0.4, -0.2) is 11.6 Å². The Hall–Kier alpha value is -1.57. The highest BCUT2D eigenvalue weighted by Crippen LogP contribution is 2.18. The molecule has 0 bridgehead atoms. The second kappa shape index (κ2) is 4.78. The summed E-state index contributed by atoms with van der Waals surface area (Å²) in [5, 5.41) is 1.15. The average molecular weight is 201 g/mol. The molecule has 0 saturated heterocycles. The van der Waals surface area contributed by atoms with Crippen LogP contribution in [0.2, 0.25) is 0 Å². The molecule has 2 aromatic rings. The first-order valence-corrected chi connectivity index (χ1v) is 5.38. The summed E-state index contributed by atoms with van der Waals surface area (Å²) in [4.78, 5) is 4.29. The molecule has 1 aromatic carbocycles. The van der Waals surface area contributed by atoms with E-state index in [1.54, 1.807) is 6.20 Å². The van der Waals surface area contributed by atoms with E-state index in [0.29, 0.717) is 0 Å². The number of pyridine rings is 1. The molecule has 0 amide bonds. The van der Waals surface area contributed by atoms with E-state index in [0.717, 1.165) is 36.1 Å². The summed E-state index contributed by atoms with van der Waals surface area (Å²) in [6, 6.07) is 10.0. The molecule has 0 aliphatic carbocycles. The molecule has 2 rings (SSSR count). The fourth-order valence-electron chi connectivity index (χ4n) is 1.47. The fourth-order valence-corrected chi connectivity index (χ4v) is 1.47. The van der Waals surface area contributed by atoms with Gasteiger partial charge < -0.3 is 4.74 Å². The first kappa shape index (κ1) is 9.97. The van der Waals surface area contributed by atoms with Gasteiger partial charge in [0.05, 0.1) is 12.1 Å². The van der Waals surface area contributed by atoms with Crippen LogP contribution < -0.4 is 4.74 Å². The second-order valence-electron chi connectivity index (χ2n) is 3.56. The minimum absolute atomic E-state index is 0.787. The molecule has 0 aliphatic heterocycles. The monoisotopic (exact) mass is 201 g/mol. The van der Waals surface area contributed by atoms with Crippen LogP contribution >= 0.6 is 0 Å². The molecule has 1 heterocycles. The standard InChI is InChI=1S/C13H15NO/c1-2-3-9-15-12-7-6-11-5-4-8-14-13(11)10-12/h4-8,10H,2-3,9H2,1H3. The molecule has 0 aliphatic rings. The molecule has 78 valence electrons. The second-order valence-corrected chi connectivity index (χ2v) is 3.56. The van der Waals surface area contributed by atoms with E-state index < -0.39 is 0 Å². The van der Waals surface area contributed by atoms with Crippen LogP contribution in [0.4, 0.5) is 0 Å². The van der Waals surface area contributed by atoms with Crippen molar-refractivity contribution in [3.8, 4) is 5.75 Å². The number of nitrogens with zero attached hydrogens (tertiary/aromatic N) is 1. The number of aromatic nitrogens is 1. The molecule has 0 saturated carbocycles. The summed E-state index contributed by atoms with van der Waals surface area (Å²) in [5.74, 6) is 0.912. The smallest absolute Gasteiger partial charge is 0.121 e. The lowest BCUT2D eigenvalue weighted by atomic mass is 10.2. The Bertz CT molecular complexity index is 439. The maximum Gasteiger partial charge on any atom is 0.121 e. The summed E-state index contributed by atoms with van der Waals surface area (Å²) < 4.78 is 5.61. The molecule has 15 heavy (non-hydrogen) atoms. The van der Waals surface area contributed by atoms with E-state index in [1.807, 2.05) is 24.3 Å². The van der Waals surface area contributed by atoms with Gasteiger partial charge in [-0.25, -0.2) is 0 Å². The van der Waals surface area contributed by atoms with Gasteiger partial charge in [-0.15, -0.1) is 0 Å². The Morgan fingerprint density at radius 3 is 3.07 bits per heavy atom. The zero-order chi connectivity index (χ0) is 10.5. The normalized spacial score (nSPS) is 10.5. The van der Waals surface area contributed by atoms with E-state index in [4.69, 9.17) is 4.74 Å². The van der Waals surface area contributed by atoms with Crippen LogP contribution in [0.1, 0.15) is 19.8 Å². The topological polar surface area (TPSA) is 22.1 Å². The van der Waals surface area contributed by atoms with Crippen molar-refractivity contribution in [1.82, 2.24) is 4.98 Å². The lowest BCUT2D eigenvalue weighted by molar-refractivity contribution is 0.310. The van der Waals surface area contributed by atoms with Crippen molar-refractivity contribution < 1.29 is 4.74 Å². The Balaban J connectivity index is 2.16. The summed E-state index contributed by atoms with van der Waals surface area (Å²) in [7, 11) is 0. The molecular weight excluding hydrogens is 186 g/mol. The van der Waals surface area contributed by atoms with Crippen molar-refractivity contribution in [3.63, 3.8) is 0 Å². The molecule has 2 heteroatoms. The Labute approximate surface area is 89.9 Å². The van der Waals surface area contributed by atoms with Gasteiger partial charge in [0, 0.05) is 17.6 Å². The number of hydrogen-bond donors (Lipinski definition) is 0. The number of ether oxygens (including phenoxy) is 1. The minimum Gasteiger partial charge on any atom is -0.494 e. The van der Waals surface area contributed by atoms with Gasteiger partial charge in [-0.1, -0.05) is 19.4 Å². The lowest BCUT2D eigenvalue weighted by Crippen LogP contribution is -1.96.